The van der Waals surface area contributed by atoms with E-state index in [1.165, 1.54) is 4.88 Å². The molecule has 1 atom stereocenters. The fourth-order valence-electron chi connectivity index (χ4n) is 1.38. The summed E-state index contributed by atoms with van der Waals surface area (Å²) in [5.41, 5.74) is 5.67. The number of carbonyl (C=O) groups is 1. The highest BCUT2D eigenvalue weighted by Gasteiger charge is 2.14. The van der Waals surface area contributed by atoms with E-state index in [0.717, 1.165) is 13.0 Å². The van der Waals surface area contributed by atoms with Gasteiger partial charge in [0, 0.05) is 30.3 Å². The lowest BCUT2D eigenvalue weighted by molar-refractivity contribution is -0.121. The minimum Gasteiger partial charge on any atom is -0.356 e. The molecule has 15 heavy (non-hydrogen) atoms. The highest BCUT2D eigenvalue weighted by Crippen LogP contribution is 2.23. The van der Waals surface area contributed by atoms with Crippen LogP contribution >= 0.6 is 11.3 Å². The summed E-state index contributed by atoms with van der Waals surface area (Å²) in [6, 6.07) is 4.03. The van der Waals surface area contributed by atoms with Gasteiger partial charge in [0.15, 0.2) is 0 Å². The SMILES string of the molecule is CCCNC(=O)CC(CN)c1cccs1. The number of nitrogens with one attached hydrogen (secondary N) is 1. The van der Waals surface area contributed by atoms with Crippen LogP contribution in [0.1, 0.15) is 30.6 Å². The predicted molar refractivity (Wildman–Crippen MR) is 64.0 cm³/mol. The zero-order chi connectivity index (χ0) is 11.1. The molecule has 0 aromatic carbocycles. The van der Waals surface area contributed by atoms with E-state index >= 15 is 0 Å². The van der Waals surface area contributed by atoms with Crippen LogP contribution in [0.15, 0.2) is 17.5 Å². The lowest BCUT2D eigenvalue weighted by atomic mass is 10.0. The smallest absolute Gasteiger partial charge is 0.220 e. The molecule has 0 fully saturated rings. The Kier molecular flexibility index (Phi) is 5.36. The molecule has 84 valence electrons. The van der Waals surface area contributed by atoms with E-state index in [9.17, 15) is 4.79 Å². The van der Waals surface area contributed by atoms with E-state index in [1.54, 1.807) is 11.3 Å². The topological polar surface area (TPSA) is 55.1 Å². The van der Waals surface area contributed by atoms with Gasteiger partial charge in [-0.3, -0.25) is 4.79 Å². The van der Waals surface area contributed by atoms with E-state index in [-0.39, 0.29) is 11.8 Å². The van der Waals surface area contributed by atoms with Gasteiger partial charge in [0.05, 0.1) is 0 Å². The van der Waals surface area contributed by atoms with Crippen molar-refractivity contribution in [3.63, 3.8) is 0 Å². The third-order valence-corrected chi connectivity index (χ3v) is 3.27. The molecule has 3 nitrogen and oxygen atoms in total. The van der Waals surface area contributed by atoms with Crippen molar-refractivity contribution in [2.75, 3.05) is 13.1 Å². The molecule has 1 rings (SSSR count). The minimum atomic E-state index is 0.0979. The average molecular weight is 226 g/mol. The van der Waals surface area contributed by atoms with Gasteiger partial charge in [-0.2, -0.15) is 0 Å². The zero-order valence-corrected chi connectivity index (χ0v) is 9.85. The lowest BCUT2D eigenvalue weighted by Crippen LogP contribution is -2.27. The highest BCUT2D eigenvalue weighted by molar-refractivity contribution is 7.10. The fourth-order valence-corrected chi connectivity index (χ4v) is 2.23. The van der Waals surface area contributed by atoms with Crippen molar-refractivity contribution in [3.8, 4) is 0 Å². The molecular formula is C11H18N2OS. The summed E-state index contributed by atoms with van der Waals surface area (Å²) in [6.07, 6.45) is 1.47. The first-order chi connectivity index (χ1) is 7.27. The predicted octanol–water partition coefficient (Wildman–Crippen LogP) is 1.71. The van der Waals surface area contributed by atoms with Gasteiger partial charge in [-0.25, -0.2) is 0 Å². The van der Waals surface area contributed by atoms with Crippen LogP contribution in [0.3, 0.4) is 0 Å². The molecule has 0 aliphatic heterocycles. The van der Waals surface area contributed by atoms with E-state index in [4.69, 9.17) is 5.73 Å². The van der Waals surface area contributed by atoms with Crippen molar-refractivity contribution < 1.29 is 4.79 Å². The summed E-state index contributed by atoms with van der Waals surface area (Å²) in [5, 5.41) is 4.89. The molecule has 0 aliphatic carbocycles. The van der Waals surface area contributed by atoms with Crippen molar-refractivity contribution in [2.45, 2.75) is 25.7 Å². The number of amides is 1. The first-order valence-electron chi connectivity index (χ1n) is 5.28. The molecule has 0 spiro atoms. The number of nitrogens with two attached hydrogens (primary N) is 1. The van der Waals surface area contributed by atoms with E-state index in [2.05, 4.69) is 5.32 Å². The lowest BCUT2D eigenvalue weighted by Gasteiger charge is -2.12. The van der Waals surface area contributed by atoms with Crippen molar-refractivity contribution in [1.82, 2.24) is 5.32 Å². The largest absolute Gasteiger partial charge is 0.356 e. The van der Waals surface area contributed by atoms with Gasteiger partial charge in [0.25, 0.3) is 0 Å². The molecular weight excluding hydrogens is 208 g/mol. The second-order valence-electron chi connectivity index (χ2n) is 3.50. The molecule has 0 saturated carbocycles. The van der Waals surface area contributed by atoms with Crippen LogP contribution in [0.25, 0.3) is 0 Å². The summed E-state index contributed by atoms with van der Waals surface area (Å²) in [5.74, 6) is 0.266. The second-order valence-corrected chi connectivity index (χ2v) is 4.48. The molecule has 0 radical (unpaired) electrons. The van der Waals surface area contributed by atoms with Crippen LogP contribution in [-0.4, -0.2) is 19.0 Å². The Morgan fingerprint density at radius 1 is 1.67 bits per heavy atom. The molecule has 0 bridgehead atoms. The molecule has 1 aromatic heterocycles. The number of thiophene rings is 1. The van der Waals surface area contributed by atoms with Crippen LogP contribution in [0.5, 0.6) is 0 Å². The molecule has 1 aromatic rings. The summed E-state index contributed by atoms with van der Waals surface area (Å²) in [6.45, 7) is 3.32. The Hall–Kier alpha value is -0.870. The first-order valence-corrected chi connectivity index (χ1v) is 6.16. The monoisotopic (exact) mass is 226 g/mol. The highest BCUT2D eigenvalue weighted by atomic mass is 32.1. The maximum atomic E-state index is 11.5. The number of carbonyl (C=O) groups excluding carboxylic acids is 1. The second kappa shape index (κ2) is 6.58. The summed E-state index contributed by atoms with van der Waals surface area (Å²) in [7, 11) is 0. The Morgan fingerprint density at radius 3 is 3.00 bits per heavy atom. The van der Waals surface area contributed by atoms with Gasteiger partial charge >= 0.3 is 0 Å². The van der Waals surface area contributed by atoms with E-state index < -0.39 is 0 Å². The van der Waals surface area contributed by atoms with Gasteiger partial charge in [-0.05, 0) is 17.9 Å². The summed E-state index contributed by atoms with van der Waals surface area (Å²) < 4.78 is 0. The first kappa shape index (κ1) is 12.2. The maximum Gasteiger partial charge on any atom is 0.220 e. The van der Waals surface area contributed by atoms with E-state index in [0.29, 0.717) is 13.0 Å². The Morgan fingerprint density at radius 2 is 2.47 bits per heavy atom. The van der Waals surface area contributed by atoms with Crippen molar-refractivity contribution in [3.05, 3.63) is 22.4 Å². The molecule has 0 saturated heterocycles. The minimum absolute atomic E-state index is 0.0979. The third kappa shape index (κ3) is 4.01. The van der Waals surface area contributed by atoms with Gasteiger partial charge in [-0.15, -0.1) is 11.3 Å². The Balaban J connectivity index is 2.44. The Labute approximate surface area is 94.7 Å². The van der Waals surface area contributed by atoms with Crippen molar-refractivity contribution in [1.29, 1.82) is 0 Å². The molecule has 0 aliphatic rings. The van der Waals surface area contributed by atoms with Crippen LogP contribution < -0.4 is 11.1 Å². The fraction of sp³-hybridized carbons (Fsp3) is 0.545. The molecule has 1 amide bonds. The van der Waals surface area contributed by atoms with Gasteiger partial charge in [-0.1, -0.05) is 13.0 Å². The Bertz CT molecular complexity index is 285. The standard InChI is InChI=1S/C11H18N2OS/c1-2-5-13-11(14)7-9(8-12)10-4-3-6-15-10/h3-4,6,9H,2,5,7-8,12H2,1H3,(H,13,14). The van der Waals surface area contributed by atoms with E-state index in [1.807, 2.05) is 24.4 Å². The van der Waals surface area contributed by atoms with Crippen LogP contribution in [-0.2, 0) is 4.79 Å². The zero-order valence-electron chi connectivity index (χ0n) is 9.03. The van der Waals surface area contributed by atoms with Crippen LogP contribution in [0.2, 0.25) is 0 Å². The normalized spacial score (nSPS) is 12.4. The maximum absolute atomic E-state index is 11.5. The van der Waals surface area contributed by atoms with Crippen LogP contribution in [0.4, 0.5) is 0 Å². The number of hydrogen-bond donors (Lipinski definition) is 2. The summed E-state index contributed by atoms with van der Waals surface area (Å²) in [4.78, 5) is 12.7. The number of hydrogen-bond acceptors (Lipinski definition) is 3. The van der Waals surface area contributed by atoms with Gasteiger partial charge in [0.2, 0.25) is 5.91 Å². The molecule has 3 N–H and O–H groups in total. The number of rotatable bonds is 6. The van der Waals surface area contributed by atoms with Gasteiger partial charge < -0.3 is 11.1 Å². The summed E-state index contributed by atoms with van der Waals surface area (Å²) >= 11 is 1.66. The van der Waals surface area contributed by atoms with Crippen LogP contribution in [0, 0.1) is 0 Å². The molecule has 1 unspecified atom stereocenters. The molecule has 1 heterocycles. The quantitative estimate of drug-likeness (QED) is 0.776. The van der Waals surface area contributed by atoms with Crippen molar-refractivity contribution in [2.24, 2.45) is 5.73 Å². The third-order valence-electron chi connectivity index (χ3n) is 2.23. The van der Waals surface area contributed by atoms with Crippen molar-refractivity contribution >= 4 is 17.2 Å². The molecule has 4 heteroatoms. The van der Waals surface area contributed by atoms with Gasteiger partial charge in [0.1, 0.15) is 0 Å². The average Bonchev–Trinajstić information content (AvgIpc) is 2.76.